The zero-order chi connectivity index (χ0) is 9.35. The molecule has 1 aromatic carbocycles. The molecule has 0 amide bonds. The molecule has 0 heterocycles. The first-order valence-corrected chi connectivity index (χ1v) is 5.03. The molecule has 1 aromatic rings. The van der Waals surface area contributed by atoms with Gasteiger partial charge in [-0.15, -0.1) is 0 Å². The maximum atomic E-state index is 10.6. The Hall–Kier alpha value is 0.307. The number of hydrogen-bond donors (Lipinski definition) is 1. The molecule has 0 aliphatic carbocycles. The van der Waals surface area contributed by atoms with Crippen molar-refractivity contribution in [3.05, 3.63) is 28.2 Å². The predicted octanol–water partition coefficient (Wildman–Crippen LogP) is -0.643. The first-order chi connectivity index (χ1) is 5.41. The fourth-order valence-electron chi connectivity index (χ4n) is 0.675. The zero-order valence-corrected chi connectivity index (χ0v) is 8.99. The second kappa shape index (κ2) is 4.70. The average Bonchev–Trinajstić information content (AvgIpc) is 1.92. The fourth-order valence-corrected chi connectivity index (χ4v) is 1.91. The third-order valence-corrected chi connectivity index (χ3v) is 2.74. The van der Waals surface area contributed by atoms with E-state index in [1.54, 1.807) is 0 Å². The minimum atomic E-state index is -4.27. The van der Waals surface area contributed by atoms with Crippen LogP contribution in [0, 0.1) is 0 Å². The molecule has 0 unspecified atom stereocenters. The van der Waals surface area contributed by atoms with Gasteiger partial charge in [-0.25, -0.2) is 0 Å². The molecule has 0 aromatic heterocycles. The Morgan fingerprint density at radius 2 is 1.85 bits per heavy atom. The van der Waals surface area contributed by atoms with Crippen molar-refractivity contribution in [2.75, 3.05) is 0 Å². The van der Waals surface area contributed by atoms with Gasteiger partial charge in [0, 0.05) is 5.02 Å². The zero-order valence-electron chi connectivity index (χ0n) is 7.66. The minimum Gasteiger partial charge on any atom is -1.00 e. The topological polar surface area (TPSA) is 54.4 Å². The van der Waals surface area contributed by atoms with Gasteiger partial charge in [-0.3, -0.25) is 4.55 Å². The third-order valence-electron chi connectivity index (χ3n) is 1.17. The average molecular weight is 235 g/mol. The van der Waals surface area contributed by atoms with E-state index in [0.717, 1.165) is 6.07 Å². The Morgan fingerprint density at radius 1 is 1.31 bits per heavy atom. The molecule has 7 heteroatoms. The smallest absolute Gasteiger partial charge is 1.00 e. The molecule has 68 valence electrons. The quantitative estimate of drug-likeness (QED) is 0.520. The fraction of sp³-hybridized carbons (Fsp3) is 0. The van der Waals surface area contributed by atoms with E-state index in [9.17, 15) is 8.42 Å². The van der Waals surface area contributed by atoms with Crippen LogP contribution in [0.25, 0.3) is 0 Å². The molecule has 0 bridgehead atoms. The number of benzene rings is 1. The summed E-state index contributed by atoms with van der Waals surface area (Å²) < 4.78 is 29.9. The van der Waals surface area contributed by atoms with Crippen molar-refractivity contribution in [1.82, 2.24) is 0 Å². The van der Waals surface area contributed by atoms with Gasteiger partial charge in [0.05, 0.1) is 5.02 Å². The van der Waals surface area contributed by atoms with E-state index in [1.807, 2.05) is 0 Å². The molecule has 13 heavy (non-hydrogen) atoms. The van der Waals surface area contributed by atoms with E-state index in [1.165, 1.54) is 12.1 Å². The van der Waals surface area contributed by atoms with Crippen molar-refractivity contribution in [3.63, 3.8) is 0 Å². The van der Waals surface area contributed by atoms with Crippen LogP contribution < -0.4 is 18.9 Å². The molecule has 0 spiro atoms. The van der Waals surface area contributed by atoms with E-state index < -0.39 is 10.1 Å². The predicted molar refractivity (Wildman–Crippen MR) is 47.4 cm³/mol. The molecule has 0 saturated heterocycles. The van der Waals surface area contributed by atoms with Crippen molar-refractivity contribution in [1.29, 1.82) is 0 Å². The first kappa shape index (κ1) is 13.3. The number of halogens is 2. The van der Waals surface area contributed by atoms with Crippen LogP contribution in [0.1, 0.15) is 1.43 Å². The van der Waals surface area contributed by atoms with Crippen LogP contribution in [0.5, 0.6) is 0 Å². The monoisotopic (exact) mass is 234 g/mol. The van der Waals surface area contributed by atoms with Gasteiger partial charge in [-0.05, 0) is 18.2 Å². The molecular formula is C6H5Cl2LiO3S. The SMILES string of the molecule is O=S(=O)(O)c1cc(Cl)ccc1Cl.[H-].[Li+]. The first-order valence-electron chi connectivity index (χ1n) is 2.84. The number of rotatable bonds is 1. The van der Waals surface area contributed by atoms with Crippen LogP contribution in [0.4, 0.5) is 0 Å². The third kappa shape index (κ3) is 3.51. The maximum absolute atomic E-state index is 10.6. The molecule has 0 saturated carbocycles. The molecule has 3 nitrogen and oxygen atoms in total. The summed E-state index contributed by atoms with van der Waals surface area (Å²) in [4.78, 5) is -0.378. The van der Waals surface area contributed by atoms with Gasteiger partial charge in [-0.1, -0.05) is 23.2 Å². The Labute approximate surface area is 99.4 Å². The molecule has 0 radical (unpaired) electrons. The van der Waals surface area contributed by atoms with Crippen molar-refractivity contribution in [2.45, 2.75) is 4.90 Å². The van der Waals surface area contributed by atoms with Crippen LogP contribution in [0.3, 0.4) is 0 Å². The summed E-state index contributed by atoms with van der Waals surface area (Å²) in [6.45, 7) is 0. The molecular weight excluding hydrogens is 230 g/mol. The van der Waals surface area contributed by atoms with E-state index >= 15 is 0 Å². The van der Waals surface area contributed by atoms with Gasteiger partial charge in [-0.2, -0.15) is 8.42 Å². The van der Waals surface area contributed by atoms with Crippen molar-refractivity contribution in [2.24, 2.45) is 0 Å². The molecule has 0 aliphatic rings. The van der Waals surface area contributed by atoms with Crippen molar-refractivity contribution >= 4 is 33.3 Å². The van der Waals surface area contributed by atoms with Crippen LogP contribution in [0.2, 0.25) is 10.0 Å². The normalized spacial score (nSPS) is 10.7. The van der Waals surface area contributed by atoms with Crippen molar-refractivity contribution in [3.8, 4) is 0 Å². The second-order valence-electron chi connectivity index (χ2n) is 2.05. The van der Waals surface area contributed by atoms with Crippen LogP contribution >= 0.6 is 23.2 Å². The summed E-state index contributed by atoms with van der Waals surface area (Å²) in [7, 11) is -4.27. The van der Waals surface area contributed by atoms with Gasteiger partial charge >= 0.3 is 18.9 Å². The van der Waals surface area contributed by atoms with E-state index in [4.69, 9.17) is 27.8 Å². The van der Waals surface area contributed by atoms with E-state index in [-0.39, 0.29) is 35.2 Å². The largest absolute Gasteiger partial charge is 1.00 e. The summed E-state index contributed by atoms with van der Waals surface area (Å²) >= 11 is 11.0. The van der Waals surface area contributed by atoms with Gasteiger partial charge in [0.25, 0.3) is 10.1 Å². The second-order valence-corrected chi connectivity index (χ2v) is 4.28. The molecule has 0 aliphatic heterocycles. The summed E-state index contributed by atoms with van der Waals surface area (Å²) in [6, 6.07) is 3.81. The standard InChI is InChI=1S/C6H4Cl2O3S.Li.H/c7-4-1-2-5(8)6(3-4)12(9,10)11;;/h1-3H,(H,9,10,11);;/q;+1;-1. The summed E-state index contributed by atoms with van der Waals surface area (Å²) in [5.74, 6) is 0. The maximum Gasteiger partial charge on any atom is 1.00 e. The molecule has 1 N–H and O–H groups in total. The molecule has 0 fully saturated rings. The Bertz CT molecular complexity index is 410. The van der Waals surface area contributed by atoms with Gasteiger partial charge in [0.1, 0.15) is 4.90 Å². The molecule has 1 rings (SSSR count). The minimum absolute atomic E-state index is 0. The van der Waals surface area contributed by atoms with Gasteiger partial charge in [0.15, 0.2) is 0 Å². The van der Waals surface area contributed by atoms with E-state index in [2.05, 4.69) is 0 Å². The Balaban J connectivity index is 0. The van der Waals surface area contributed by atoms with Crippen LogP contribution in [-0.2, 0) is 10.1 Å². The summed E-state index contributed by atoms with van der Waals surface area (Å²) in [5, 5.41) is 0.147. The van der Waals surface area contributed by atoms with Crippen LogP contribution in [0.15, 0.2) is 23.1 Å². The summed E-state index contributed by atoms with van der Waals surface area (Å²) in [6.07, 6.45) is 0. The number of hydrogen-bond acceptors (Lipinski definition) is 2. The van der Waals surface area contributed by atoms with Crippen molar-refractivity contribution < 1.29 is 33.3 Å². The Kier molecular flexibility index (Phi) is 4.81. The molecule has 0 atom stereocenters. The van der Waals surface area contributed by atoms with Crippen LogP contribution in [-0.4, -0.2) is 13.0 Å². The van der Waals surface area contributed by atoms with E-state index in [0.29, 0.717) is 0 Å². The summed E-state index contributed by atoms with van der Waals surface area (Å²) in [5.41, 5.74) is 0. The Morgan fingerprint density at radius 3 is 2.23 bits per heavy atom. The van der Waals surface area contributed by atoms with Gasteiger partial charge in [0.2, 0.25) is 0 Å². The van der Waals surface area contributed by atoms with Gasteiger partial charge < -0.3 is 1.43 Å².